The van der Waals surface area contributed by atoms with Gasteiger partial charge in [-0.15, -0.1) is 0 Å². The number of aromatic amines is 1. The number of hydrogen-bond acceptors (Lipinski definition) is 4. The lowest BCUT2D eigenvalue weighted by atomic mass is 10.2. The van der Waals surface area contributed by atoms with Gasteiger partial charge in [0, 0.05) is 30.1 Å². The highest BCUT2D eigenvalue weighted by Crippen LogP contribution is 2.15. The van der Waals surface area contributed by atoms with Crippen LogP contribution in [0.2, 0.25) is 5.02 Å². The maximum absolute atomic E-state index is 12.5. The molecular formula is C21H21ClN4O3. The number of nitrogens with one attached hydrogen (secondary N) is 2. The second-order valence-electron chi connectivity index (χ2n) is 6.45. The first-order valence-corrected chi connectivity index (χ1v) is 9.65. The predicted molar refractivity (Wildman–Crippen MR) is 112 cm³/mol. The Bertz CT molecular complexity index is 1080. The highest BCUT2D eigenvalue weighted by atomic mass is 35.5. The molecule has 2 N–H and O–H groups in total. The zero-order chi connectivity index (χ0) is 20.8. The van der Waals surface area contributed by atoms with E-state index in [0.29, 0.717) is 33.9 Å². The maximum atomic E-state index is 12.5. The van der Waals surface area contributed by atoms with E-state index in [9.17, 15) is 14.4 Å². The van der Waals surface area contributed by atoms with Crippen LogP contribution in [0.15, 0.2) is 53.3 Å². The number of hydrogen-bond donors (Lipinski definition) is 2. The third-order valence-corrected chi connectivity index (χ3v) is 4.69. The summed E-state index contributed by atoms with van der Waals surface area (Å²) in [6.45, 7) is 2.68. The highest BCUT2D eigenvalue weighted by molar-refractivity contribution is 6.31. The molecule has 0 aliphatic rings. The maximum Gasteiger partial charge on any atom is 0.258 e. The van der Waals surface area contributed by atoms with Gasteiger partial charge in [-0.1, -0.05) is 29.8 Å². The lowest BCUT2D eigenvalue weighted by Gasteiger charge is -2.20. The van der Waals surface area contributed by atoms with Crippen LogP contribution in [0.1, 0.15) is 29.5 Å². The molecule has 0 fully saturated rings. The number of aromatic nitrogens is 2. The standard InChI is InChI=1S/C21H21ClN4O3/c1-2-26(19(27)10-11-23-20(28)14-6-4-3-5-7-14)13-18-24-17-12-15(22)8-9-16(17)21(29)25-18/h3-9,12H,2,10-11,13H2,1H3,(H,23,28)(H,24,25,29). The summed E-state index contributed by atoms with van der Waals surface area (Å²) >= 11 is 5.98. The van der Waals surface area contributed by atoms with Gasteiger partial charge in [0.25, 0.3) is 11.5 Å². The molecule has 150 valence electrons. The first-order valence-electron chi connectivity index (χ1n) is 9.27. The molecule has 0 spiro atoms. The number of carbonyl (C=O) groups excluding carboxylic acids is 2. The molecule has 7 nitrogen and oxygen atoms in total. The van der Waals surface area contributed by atoms with Crippen molar-refractivity contribution in [3.63, 3.8) is 0 Å². The van der Waals surface area contributed by atoms with Crippen molar-refractivity contribution in [1.29, 1.82) is 0 Å². The summed E-state index contributed by atoms with van der Waals surface area (Å²) in [7, 11) is 0. The first kappa shape index (κ1) is 20.5. The summed E-state index contributed by atoms with van der Waals surface area (Å²) in [4.78, 5) is 45.5. The molecule has 3 rings (SSSR count). The normalized spacial score (nSPS) is 10.7. The molecule has 0 unspecified atom stereocenters. The zero-order valence-electron chi connectivity index (χ0n) is 15.9. The fourth-order valence-electron chi connectivity index (χ4n) is 2.93. The van der Waals surface area contributed by atoms with Crippen LogP contribution in [0.4, 0.5) is 0 Å². The van der Waals surface area contributed by atoms with Crippen LogP contribution in [0.5, 0.6) is 0 Å². The fourth-order valence-corrected chi connectivity index (χ4v) is 3.09. The number of nitrogens with zero attached hydrogens (tertiary/aromatic N) is 2. The zero-order valence-corrected chi connectivity index (χ0v) is 16.7. The second-order valence-corrected chi connectivity index (χ2v) is 6.89. The van der Waals surface area contributed by atoms with E-state index in [1.54, 1.807) is 47.4 Å². The first-order chi connectivity index (χ1) is 14.0. The van der Waals surface area contributed by atoms with Crippen LogP contribution in [0.25, 0.3) is 10.9 Å². The van der Waals surface area contributed by atoms with Crippen LogP contribution < -0.4 is 10.9 Å². The quantitative estimate of drug-likeness (QED) is 0.623. The van der Waals surface area contributed by atoms with Crippen molar-refractivity contribution in [2.24, 2.45) is 0 Å². The van der Waals surface area contributed by atoms with Crippen molar-refractivity contribution < 1.29 is 9.59 Å². The van der Waals surface area contributed by atoms with Crippen molar-refractivity contribution in [3.8, 4) is 0 Å². The Labute approximate surface area is 172 Å². The Morgan fingerprint density at radius 2 is 1.93 bits per heavy atom. The van der Waals surface area contributed by atoms with E-state index in [-0.39, 0.29) is 36.9 Å². The Morgan fingerprint density at radius 3 is 2.66 bits per heavy atom. The number of H-pyrrole nitrogens is 1. The van der Waals surface area contributed by atoms with Gasteiger partial charge in [-0.3, -0.25) is 14.4 Å². The van der Waals surface area contributed by atoms with E-state index in [2.05, 4.69) is 15.3 Å². The third-order valence-electron chi connectivity index (χ3n) is 4.45. The number of halogens is 1. The summed E-state index contributed by atoms with van der Waals surface area (Å²) in [5, 5.41) is 3.66. The third kappa shape index (κ3) is 5.20. The van der Waals surface area contributed by atoms with E-state index in [0.717, 1.165) is 0 Å². The van der Waals surface area contributed by atoms with E-state index in [4.69, 9.17) is 11.6 Å². The summed E-state index contributed by atoms with van der Waals surface area (Å²) in [6.07, 6.45) is 0.149. The molecule has 29 heavy (non-hydrogen) atoms. The molecule has 1 heterocycles. The minimum Gasteiger partial charge on any atom is -0.352 e. The molecule has 0 aliphatic heterocycles. The molecule has 0 saturated carbocycles. The smallest absolute Gasteiger partial charge is 0.258 e. The Hall–Kier alpha value is -3.19. The number of amides is 2. The lowest BCUT2D eigenvalue weighted by molar-refractivity contribution is -0.131. The fraction of sp³-hybridized carbons (Fsp3) is 0.238. The number of rotatable bonds is 7. The van der Waals surface area contributed by atoms with Crippen LogP contribution in [-0.2, 0) is 11.3 Å². The lowest BCUT2D eigenvalue weighted by Crippen LogP contribution is -2.35. The largest absolute Gasteiger partial charge is 0.352 e. The highest BCUT2D eigenvalue weighted by Gasteiger charge is 2.15. The van der Waals surface area contributed by atoms with Gasteiger partial charge < -0.3 is 15.2 Å². The number of carbonyl (C=O) groups is 2. The Kier molecular flexibility index (Phi) is 6.61. The van der Waals surface area contributed by atoms with Gasteiger partial charge in [0.1, 0.15) is 5.82 Å². The molecule has 2 amide bonds. The average Bonchev–Trinajstić information content (AvgIpc) is 2.72. The molecule has 0 atom stereocenters. The van der Waals surface area contributed by atoms with E-state index in [1.807, 2.05) is 13.0 Å². The van der Waals surface area contributed by atoms with Crippen LogP contribution in [0.3, 0.4) is 0 Å². The molecule has 0 radical (unpaired) electrons. The van der Waals surface area contributed by atoms with Crippen molar-refractivity contribution in [3.05, 3.63) is 75.3 Å². The molecule has 0 bridgehead atoms. The molecule has 8 heteroatoms. The van der Waals surface area contributed by atoms with E-state index < -0.39 is 0 Å². The Balaban J connectivity index is 1.62. The topological polar surface area (TPSA) is 95.2 Å². The van der Waals surface area contributed by atoms with Gasteiger partial charge in [-0.2, -0.15) is 0 Å². The van der Waals surface area contributed by atoms with Crippen molar-refractivity contribution in [2.45, 2.75) is 19.9 Å². The molecule has 1 aromatic heterocycles. The average molecular weight is 413 g/mol. The summed E-state index contributed by atoms with van der Waals surface area (Å²) in [5.41, 5.74) is 0.749. The Morgan fingerprint density at radius 1 is 1.17 bits per heavy atom. The van der Waals surface area contributed by atoms with Crippen LogP contribution >= 0.6 is 11.6 Å². The van der Waals surface area contributed by atoms with Crippen LogP contribution in [-0.4, -0.2) is 39.8 Å². The molecule has 2 aromatic carbocycles. The van der Waals surface area contributed by atoms with Gasteiger partial charge in [0.2, 0.25) is 5.91 Å². The molecule has 3 aromatic rings. The van der Waals surface area contributed by atoms with Gasteiger partial charge in [-0.05, 0) is 37.3 Å². The monoisotopic (exact) mass is 412 g/mol. The van der Waals surface area contributed by atoms with E-state index in [1.165, 1.54) is 0 Å². The summed E-state index contributed by atoms with van der Waals surface area (Å²) in [5.74, 6) is 0.0156. The second kappa shape index (κ2) is 9.34. The van der Waals surface area contributed by atoms with Gasteiger partial charge in [0.15, 0.2) is 0 Å². The van der Waals surface area contributed by atoms with Crippen molar-refractivity contribution >= 4 is 34.3 Å². The van der Waals surface area contributed by atoms with Crippen molar-refractivity contribution in [2.75, 3.05) is 13.1 Å². The summed E-state index contributed by atoms with van der Waals surface area (Å²) in [6, 6.07) is 13.7. The minimum atomic E-state index is -0.278. The number of fused-ring (bicyclic) bond motifs is 1. The number of benzene rings is 2. The van der Waals surface area contributed by atoms with Gasteiger partial charge in [0.05, 0.1) is 17.4 Å². The van der Waals surface area contributed by atoms with Gasteiger partial charge >= 0.3 is 0 Å². The SMILES string of the molecule is CCN(Cc1nc2cc(Cl)ccc2c(=O)[nH]1)C(=O)CCNC(=O)c1ccccc1. The molecule has 0 aliphatic carbocycles. The van der Waals surface area contributed by atoms with Crippen LogP contribution in [0, 0.1) is 0 Å². The minimum absolute atomic E-state index is 0.144. The van der Waals surface area contributed by atoms with E-state index >= 15 is 0 Å². The van der Waals surface area contributed by atoms with Crippen molar-refractivity contribution in [1.82, 2.24) is 20.2 Å². The predicted octanol–water partition coefficient (Wildman–Crippen LogP) is 2.75. The molecule has 0 saturated heterocycles. The summed E-state index contributed by atoms with van der Waals surface area (Å²) < 4.78 is 0. The molecular weight excluding hydrogens is 392 g/mol. The van der Waals surface area contributed by atoms with Gasteiger partial charge in [-0.25, -0.2) is 4.98 Å².